The summed E-state index contributed by atoms with van der Waals surface area (Å²) in [6.07, 6.45) is 0. The fourth-order valence-electron chi connectivity index (χ4n) is 7.65. The summed E-state index contributed by atoms with van der Waals surface area (Å²) in [6, 6.07) is 63.0. The van der Waals surface area contributed by atoms with Crippen molar-refractivity contribution in [2.75, 3.05) is 0 Å². The van der Waals surface area contributed by atoms with Gasteiger partial charge in [0.05, 0.1) is 11.0 Å². The second-order valence-corrected chi connectivity index (χ2v) is 12.5. The van der Waals surface area contributed by atoms with Gasteiger partial charge in [0.1, 0.15) is 11.3 Å². The van der Waals surface area contributed by atoms with Crippen LogP contribution in [0.25, 0.3) is 93.6 Å². The first-order valence-electron chi connectivity index (χ1n) is 16.4. The van der Waals surface area contributed by atoms with E-state index in [-0.39, 0.29) is 0 Å². The van der Waals surface area contributed by atoms with Crippen LogP contribution in [0.1, 0.15) is 0 Å². The third-order valence-electron chi connectivity index (χ3n) is 9.79. The predicted molar refractivity (Wildman–Crippen MR) is 202 cm³/mol. The number of para-hydroxylation sites is 2. The summed E-state index contributed by atoms with van der Waals surface area (Å²) in [4.78, 5) is 0. The smallest absolute Gasteiger partial charge is 0.143 e. The summed E-state index contributed by atoms with van der Waals surface area (Å²) >= 11 is 0. The summed E-state index contributed by atoms with van der Waals surface area (Å²) in [7, 11) is 0. The van der Waals surface area contributed by atoms with E-state index in [9.17, 15) is 0 Å². The van der Waals surface area contributed by atoms with E-state index in [1.807, 2.05) is 0 Å². The molecule has 224 valence electrons. The van der Waals surface area contributed by atoms with Crippen molar-refractivity contribution in [3.63, 3.8) is 0 Å². The second kappa shape index (κ2) is 10.6. The molecule has 0 aliphatic heterocycles. The largest absolute Gasteiger partial charge is 0.455 e. The van der Waals surface area contributed by atoms with Crippen LogP contribution in [0.2, 0.25) is 0 Å². The lowest BCUT2D eigenvalue weighted by atomic mass is 9.92. The molecule has 10 rings (SSSR count). The average Bonchev–Trinajstić information content (AvgIpc) is 3.73. The first-order chi connectivity index (χ1) is 23.8. The van der Waals surface area contributed by atoms with E-state index in [2.05, 4.69) is 180 Å². The third-order valence-corrected chi connectivity index (χ3v) is 9.79. The van der Waals surface area contributed by atoms with Gasteiger partial charge in [-0.1, -0.05) is 152 Å². The number of benzene rings is 8. The number of hydrogen-bond acceptors (Lipinski definition) is 1. The van der Waals surface area contributed by atoms with Gasteiger partial charge in [0.25, 0.3) is 0 Å². The number of aromatic nitrogens is 1. The van der Waals surface area contributed by atoms with Gasteiger partial charge in [-0.05, 0) is 57.1 Å². The van der Waals surface area contributed by atoms with E-state index in [4.69, 9.17) is 4.42 Å². The van der Waals surface area contributed by atoms with Crippen molar-refractivity contribution >= 4 is 54.3 Å². The molecule has 2 heterocycles. The van der Waals surface area contributed by atoms with Crippen LogP contribution >= 0.6 is 0 Å². The lowest BCUT2D eigenvalue weighted by molar-refractivity contribution is 0.636. The number of nitrogens with zero attached hydrogens (tertiary/aromatic N) is 1. The predicted octanol–water partition coefficient (Wildman–Crippen LogP) is 12.8. The van der Waals surface area contributed by atoms with Gasteiger partial charge >= 0.3 is 0 Å². The van der Waals surface area contributed by atoms with Crippen LogP contribution in [0, 0.1) is 0 Å². The summed E-state index contributed by atoms with van der Waals surface area (Å²) < 4.78 is 9.46. The Kier molecular flexibility index (Phi) is 5.91. The molecule has 2 heteroatoms. The van der Waals surface area contributed by atoms with Gasteiger partial charge in [-0.3, -0.25) is 0 Å². The normalized spacial score (nSPS) is 11.8. The Labute approximate surface area is 277 Å². The molecule has 0 unspecified atom stereocenters. The molecule has 0 radical (unpaired) electrons. The Morgan fingerprint density at radius 1 is 0.354 bits per heavy atom. The van der Waals surface area contributed by atoms with Crippen molar-refractivity contribution < 1.29 is 4.42 Å². The molecule has 2 aromatic heterocycles. The number of fused-ring (bicyclic) bond motifs is 9. The molecule has 8 aromatic carbocycles. The molecular weight excluding hydrogens is 583 g/mol. The van der Waals surface area contributed by atoms with Crippen molar-refractivity contribution in [3.05, 3.63) is 176 Å². The second-order valence-electron chi connectivity index (χ2n) is 12.5. The van der Waals surface area contributed by atoms with E-state index < -0.39 is 0 Å². The molecule has 0 N–H and O–H groups in total. The highest BCUT2D eigenvalue weighted by Gasteiger charge is 2.23. The van der Waals surface area contributed by atoms with Crippen molar-refractivity contribution in [2.24, 2.45) is 0 Å². The van der Waals surface area contributed by atoms with Gasteiger partial charge in [-0.25, -0.2) is 0 Å². The Hall–Kier alpha value is -6.38. The first-order valence-corrected chi connectivity index (χ1v) is 16.4. The standard InChI is InChI=1S/C46H29NO/c1-2-13-30(14-3-1)31-25-27-32(28-26-31)45-43(44-39-21-6-4-17-35(39)36-18-5-7-22-40(36)46(44)48-45)33-15-12-16-34(29-33)47-41-23-10-8-19-37(41)38-20-9-11-24-42(38)47/h1-29H. The number of furan rings is 1. The minimum absolute atomic E-state index is 0.880. The van der Waals surface area contributed by atoms with Gasteiger partial charge < -0.3 is 8.98 Å². The van der Waals surface area contributed by atoms with Crippen LogP contribution in [0.3, 0.4) is 0 Å². The molecule has 0 aliphatic rings. The average molecular weight is 612 g/mol. The first kappa shape index (κ1) is 26.8. The molecular formula is C46H29NO. The number of rotatable bonds is 4. The van der Waals surface area contributed by atoms with E-state index >= 15 is 0 Å². The highest BCUT2D eigenvalue weighted by Crippen LogP contribution is 2.48. The quantitative estimate of drug-likeness (QED) is 0.181. The van der Waals surface area contributed by atoms with Crippen LogP contribution in [0.5, 0.6) is 0 Å². The molecule has 0 amide bonds. The van der Waals surface area contributed by atoms with Crippen molar-refractivity contribution in [1.82, 2.24) is 4.57 Å². The molecule has 0 spiro atoms. The zero-order chi connectivity index (χ0) is 31.6. The summed E-state index contributed by atoms with van der Waals surface area (Å²) in [5.41, 5.74) is 10.1. The Balaban J connectivity index is 1.28. The lowest BCUT2D eigenvalue weighted by Crippen LogP contribution is -1.94. The van der Waals surface area contributed by atoms with E-state index in [1.165, 1.54) is 49.1 Å². The van der Waals surface area contributed by atoms with Crippen LogP contribution in [-0.2, 0) is 0 Å². The highest BCUT2D eigenvalue weighted by molar-refractivity contribution is 6.28. The summed E-state index contributed by atoms with van der Waals surface area (Å²) in [5, 5.41) is 8.40. The third kappa shape index (κ3) is 4.00. The summed E-state index contributed by atoms with van der Waals surface area (Å²) in [5.74, 6) is 0.880. The zero-order valence-corrected chi connectivity index (χ0v) is 26.1. The van der Waals surface area contributed by atoms with Crippen LogP contribution in [0.4, 0.5) is 0 Å². The monoisotopic (exact) mass is 611 g/mol. The molecule has 2 nitrogen and oxygen atoms in total. The molecule has 10 aromatic rings. The van der Waals surface area contributed by atoms with Gasteiger partial charge in [0.15, 0.2) is 0 Å². The Morgan fingerprint density at radius 2 is 0.854 bits per heavy atom. The fraction of sp³-hybridized carbons (Fsp3) is 0. The van der Waals surface area contributed by atoms with E-state index in [1.54, 1.807) is 0 Å². The lowest BCUT2D eigenvalue weighted by Gasteiger charge is -2.12. The van der Waals surface area contributed by atoms with Crippen LogP contribution in [0.15, 0.2) is 180 Å². The maximum absolute atomic E-state index is 7.07. The Morgan fingerprint density at radius 3 is 1.54 bits per heavy atom. The topological polar surface area (TPSA) is 18.1 Å². The molecule has 0 saturated carbocycles. The molecule has 0 bridgehead atoms. The van der Waals surface area contributed by atoms with Gasteiger partial charge in [0.2, 0.25) is 0 Å². The molecule has 48 heavy (non-hydrogen) atoms. The van der Waals surface area contributed by atoms with Crippen molar-refractivity contribution in [3.8, 4) is 39.3 Å². The molecule has 0 atom stereocenters. The Bertz CT molecular complexity index is 2770. The molecule has 0 aliphatic carbocycles. The van der Waals surface area contributed by atoms with Gasteiger partial charge in [-0.2, -0.15) is 0 Å². The molecule has 0 saturated heterocycles. The maximum Gasteiger partial charge on any atom is 0.143 e. The van der Waals surface area contributed by atoms with E-state index in [0.717, 1.165) is 44.5 Å². The van der Waals surface area contributed by atoms with Crippen molar-refractivity contribution in [1.29, 1.82) is 0 Å². The molecule has 0 fully saturated rings. The van der Waals surface area contributed by atoms with Gasteiger partial charge in [0, 0.05) is 38.4 Å². The van der Waals surface area contributed by atoms with E-state index in [0.29, 0.717) is 0 Å². The van der Waals surface area contributed by atoms with Crippen LogP contribution < -0.4 is 0 Å². The van der Waals surface area contributed by atoms with Crippen LogP contribution in [-0.4, -0.2) is 4.57 Å². The number of hydrogen-bond donors (Lipinski definition) is 0. The SMILES string of the molecule is c1ccc(-c2ccc(-c3oc4c5ccccc5c5ccccc5c4c3-c3cccc(-n4c5ccccc5c5ccccc54)c3)cc2)cc1. The fourth-order valence-corrected chi connectivity index (χ4v) is 7.65. The maximum atomic E-state index is 7.07. The van der Waals surface area contributed by atoms with Gasteiger partial charge in [-0.15, -0.1) is 0 Å². The zero-order valence-electron chi connectivity index (χ0n) is 26.1. The minimum Gasteiger partial charge on any atom is -0.455 e. The summed E-state index contributed by atoms with van der Waals surface area (Å²) in [6.45, 7) is 0. The van der Waals surface area contributed by atoms with Crippen molar-refractivity contribution in [2.45, 2.75) is 0 Å². The minimum atomic E-state index is 0.880. The highest BCUT2D eigenvalue weighted by atomic mass is 16.3.